The van der Waals surface area contributed by atoms with E-state index in [1.807, 2.05) is 0 Å². The zero-order valence-corrected chi connectivity index (χ0v) is 13.0. The predicted molar refractivity (Wildman–Crippen MR) is 79.6 cm³/mol. The van der Waals surface area contributed by atoms with E-state index < -0.39 is 10.0 Å². The molecule has 0 radical (unpaired) electrons. The summed E-state index contributed by atoms with van der Waals surface area (Å²) in [5.41, 5.74) is 0.425. The van der Waals surface area contributed by atoms with Crippen LogP contribution >= 0.6 is 0 Å². The second-order valence-electron chi connectivity index (χ2n) is 5.36. The van der Waals surface area contributed by atoms with Gasteiger partial charge in [-0.05, 0) is 30.9 Å². The smallest absolute Gasteiger partial charge is 0.243 e. The molecule has 5 nitrogen and oxygen atoms in total. The van der Waals surface area contributed by atoms with Gasteiger partial charge in [0, 0.05) is 31.7 Å². The number of hydrogen-bond donors (Lipinski definition) is 1. The van der Waals surface area contributed by atoms with Crippen LogP contribution in [0.5, 0.6) is 0 Å². The fourth-order valence-corrected chi connectivity index (χ4v) is 4.18. The molecule has 0 saturated carbocycles. The molecule has 1 aromatic rings. The summed E-state index contributed by atoms with van der Waals surface area (Å²) >= 11 is 0. The lowest BCUT2D eigenvalue weighted by molar-refractivity contribution is 0.0988. The van der Waals surface area contributed by atoms with Gasteiger partial charge in [-0.3, -0.25) is 4.79 Å². The summed E-state index contributed by atoms with van der Waals surface area (Å²) in [6.45, 7) is 2.55. The van der Waals surface area contributed by atoms with Gasteiger partial charge >= 0.3 is 0 Å². The van der Waals surface area contributed by atoms with Gasteiger partial charge in [-0.15, -0.1) is 0 Å². The third-order valence-corrected chi connectivity index (χ3v) is 5.72. The van der Waals surface area contributed by atoms with Crippen molar-refractivity contribution < 1.29 is 18.3 Å². The maximum absolute atomic E-state index is 12.6. The first kappa shape index (κ1) is 16.1. The van der Waals surface area contributed by atoms with Crippen LogP contribution in [0.2, 0.25) is 0 Å². The molecule has 1 aromatic carbocycles. The van der Waals surface area contributed by atoms with Crippen LogP contribution in [-0.4, -0.2) is 43.3 Å². The summed E-state index contributed by atoms with van der Waals surface area (Å²) in [4.78, 5) is 11.9. The van der Waals surface area contributed by atoms with E-state index in [-0.39, 0.29) is 23.2 Å². The lowest BCUT2D eigenvalue weighted by Gasteiger charge is -2.31. The highest BCUT2D eigenvalue weighted by atomic mass is 32.2. The molecule has 6 heteroatoms. The molecule has 0 amide bonds. The van der Waals surface area contributed by atoms with Gasteiger partial charge in [-0.1, -0.05) is 19.1 Å². The minimum absolute atomic E-state index is 0.000377. The van der Waals surface area contributed by atoms with E-state index in [1.54, 1.807) is 19.1 Å². The molecule has 1 heterocycles. The molecule has 1 atom stereocenters. The minimum Gasteiger partial charge on any atom is -0.396 e. The second kappa shape index (κ2) is 6.68. The number of Topliss-reactive ketones (excluding diaryl/α,β-unsaturated/α-hetero) is 1. The third-order valence-electron chi connectivity index (χ3n) is 3.85. The molecule has 21 heavy (non-hydrogen) atoms. The van der Waals surface area contributed by atoms with Crippen molar-refractivity contribution in [3.8, 4) is 0 Å². The first-order chi connectivity index (χ1) is 9.98. The van der Waals surface area contributed by atoms with E-state index in [2.05, 4.69) is 0 Å². The van der Waals surface area contributed by atoms with Gasteiger partial charge in [0.1, 0.15) is 0 Å². The summed E-state index contributed by atoms with van der Waals surface area (Å²) < 4.78 is 26.7. The quantitative estimate of drug-likeness (QED) is 0.839. The fourth-order valence-electron chi connectivity index (χ4n) is 2.58. The van der Waals surface area contributed by atoms with E-state index >= 15 is 0 Å². The average Bonchev–Trinajstić information content (AvgIpc) is 2.54. The number of aliphatic hydroxyl groups excluding tert-OH is 1. The van der Waals surface area contributed by atoms with Crippen molar-refractivity contribution in [3.05, 3.63) is 29.8 Å². The van der Waals surface area contributed by atoms with Crippen LogP contribution in [0.1, 0.15) is 36.5 Å². The molecule has 0 spiro atoms. The highest BCUT2D eigenvalue weighted by molar-refractivity contribution is 7.89. The number of nitrogens with zero attached hydrogens (tertiary/aromatic N) is 1. The first-order valence-corrected chi connectivity index (χ1v) is 8.67. The Hall–Kier alpha value is -1.24. The number of hydrogen-bond acceptors (Lipinski definition) is 4. The van der Waals surface area contributed by atoms with Crippen LogP contribution in [0.25, 0.3) is 0 Å². The third kappa shape index (κ3) is 3.51. The van der Waals surface area contributed by atoms with Crippen LogP contribution < -0.4 is 0 Å². The van der Waals surface area contributed by atoms with Gasteiger partial charge in [-0.25, -0.2) is 8.42 Å². The van der Waals surface area contributed by atoms with Crippen LogP contribution in [-0.2, 0) is 10.0 Å². The van der Waals surface area contributed by atoms with E-state index in [0.29, 0.717) is 25.1 Å². The van der Waals surface area contributed by atoms with Gasteiger partial charge < -0.3 is 5.11 Å². The lowest BCUT2D eigenvalue weighted by Crippen LogP contribution is -2.40. The Morgan fingerprint density at radius 2 is 2.19 bits per heavy atom. The normalized spacial score (nSPS) is 20.4. The summed E-state index contributed by atoms with van der Waals surface area (Å²) in [7, 11) is -3.60. The molecular formula is C15H21NO4S. The van der Waals surface area contributed by atoms with Crippen molar-refractivity contribution in [2.45, 2.75) is 31.1 Å². The molecule has 116 valence electrons. The molecule has 0 aliphatic carbocycles. The number of benzene rings is 1. The second-order valence-corrected chi connectivity index (χ2v) is 7.30. The van der Waals surface area contributed by atoms with Crippen molar-refractivity contribution in [1.29, 1.82) is 0 Å². The van der Waals surface area contributed by atoms with Crippen molar-refractivity contribution >= 4 is 15.8 Å². The Morgan fingerprint density at radius 1 is 1.43 bits per heavy atom. The van der Waals surface area contributed by atoms with Crippen LogP contribution in [0, 0.1) is 5.92 Å². The molecule has 1 fully saturated rings. The molecular weight excluding hydrogens is 290 g/mol. The number of piperidine rings is 1. The number of sulfonamides is 1. The highest BCUT2D eigenvalue weighted by Gasteiger charge is 2.30. The monoisotopic (exact) mass is 311 g/mol. The first-order valence-electron chi connectivity index (χ1n) is 7.23. The van der Waals surface area contributed by atoms with Gasteiger partial charge in [0.05, 0.1) is 4.90 Å². The van der Waals surface area contributed by atoms with E-state index in [0.717, 1.165) is 12.8 Å². The number of ketones is 1. The molecule has 0 bridgehead atoms. The standard InChI is InChI=1S/C15H21NO4S/c1-2-15(18)13-6-3-7-14(9-13)21(19,20)16-8-4-5-12(10-16)11-17/h3,6-7,9,12,17H,2,4-5,8,10-11H2,1H3. The Bertz CT molecular complexity index is 612. The highest BCUT2D eigenvalue weighted by Crippen LogP contribution is 2.24. The number of aliphatic hydroxyl groups is 1. The molecule has 1 N–H and O–H groups in total. The van der Waals surface area contributed by atoms with Crippen molar-refractivity contribution in [2.24, 2.45) is 5.92 Å². The SMILES string of the molecule is CCC(=O)c1cccc(S(=O)(=O)N2CCCC(CO)C2)c1. The lowest BCUT2D eigenvalue weighted by atomic mass is 10.0. The molecule has 1 aliphatic rings. The summed E-state index contributed by atoms with van der Waals surface area (Å²) in [6.07, 6.45) is 1.94. The van der Waals surface area contributed by atoms with E-state index in [4.69, 9.17) is 0 Å². The van der Waals surface area contributed by atoms with Gasteiger partial charge in [0.15, 0.2) is 5.78 Å². The number of carbonyl (C=O) groups excluding carboxylic acids is 1. The minimum atomic E-state index is -3.60. The Balaban J connectivity index is 2.29. The Morgan fingerprint density at radius 3 is 2.86 bits per heavy atom. The summed E-state index contributed by atoms with van der Waals surface area (Å²) in [6, 6.07) is 6.20. The van der Waals surface area contributed by atoms with Gasteiger partial charge in [-0.2, -0.15) is 4.31 Å². The van der Waals surface area contributed by atoms with Crippen LogP contribution in [0.4, 0.5) is 0 Å². The maximum Gasteiger partial charge on any atom is 0.243 e. The van der Waals surface area contributed by atoms with E-state index in [1.165, 1.54) is 16.4 Å². The van der Waals surface area contributed by atoms with Crippen LogP contribution in [0.15, 0.2) is 29.2 Å². The largest absolute Gasteiger partial charge is 0.396 e. The van der Waals surface area contributed by atoms with Crippen LogP contribution in [0.3, 0.4) is 0 Å². The van der Waals surface area contributed by atoms with Gasteiger partial charge in [0.25, 0.3) is 0 Å². The number of rotatable bonds is 5. The molecule has 0 aromatic heterocycles. The average molecular weight is 311 g/mol. The molecule has 1 saturated heterocycles. The van der Waals surface area contributed by atoms with E-state index in [9.17, 15) is 18.3 Å². The maximum atomic E-state index is 12.6. The fraction of sp³-hybridized carbons (Fsp3) is 0.533. The van der Waals surface area contributed by atoms with Crippen molar-refractivity contribution in [2.75, 3.05) is 19.7 Å². The zero-order chi connectivity index (χ0) is 15.5. The van der Waals surface area contributed by atoms with Crippen molar-refractivity contribution in [1.82, 2.24) is 4.31 Å². The van der Waals surface area contributed by atoms with Crippen molar-refractivity contribution in [3.63, 3.8) is 0 Å². The zero-order valence-electron chi connectivity index (χ0n) is 12.2. The van der Waals surface area contributed by atoms with Gasteiger partial charge in [0.2, 0.25) is 10.0 Å². The Labute approximate surface area is 125 Å². The Kier molecular flexibility index (Phi) is 5.13. The molecule has 1 aliphatic heterocycles. The summed E-state index contributed by atoms with van der Waals surface area (Å²) in [5, 5.41) is 9.23. The topological polar surface area (TPSA) is 74.7 Å². The predicted octanol–water partition coefficient (Wildman–Crippen LogP) is 1.67. The molecule has 1 unspecified atom stereocenters. The number of carbonyl (C=O) groups is 1. The molecule has 2 rings (SSSR count). The summed E-state index contributed by atoms with van der Waals surface area (Å²) in [5.74, 6) is -0.0760.